The predicted octanol–water partition coefficient (Wildman–Crippen LogP) is 4.81. The molecule has 0 aromatic heterocycles. The molecule has 0 saturated carbocycles. The molecule has 0 bridgehead atoms. The fourth-order valence-corrected chi connectivity index (χ4v) is 2.40. The number of carbonyl (C=O) groups is 1. The van der Waals surface area contributed by atoms with Crippen molar-refractivity contribution in [2.24, 2.45) is 0 Å². The van der Waals surface area contributed by atoms with Crippen LogP contribution in [-0.4, -0.2) is 19.2 Å². The summed E-state index contributed by atoms with van der Waals surface area (Å²) in [6.45, 7) is 4.80. The van der Waals surface area contributed by atoms with Gasteiger partial charge in [0.1, 0.15) is 12.4 Å². The molecule has 4 nitrogen and oxygen atoms in total. The number of hydrogen-bond donors (Lipinski definition) is 2. The first-order valence-corrected chi connectivity index (χ1v) is 7.92. The molecule has 0 heterocycles. The number of nitrogens with one attached hydrogen (secondary N) is 2. The van der Waals surface area contributed by atoms with Gasteiger partial charge in [-0.15, -0.1) is 0 Å². The molecule has 6 heteroatoms. The number of amides is 2. The first-order valence-electron chi connectivity index (χ1n) is 7.16. The molecule has 0 unspecified atom stereocenters. The van der Waals surface area contributed by atoms with E-state index in [4.69, 9.17) is 27.9 Å². The van der Waals surface area contributed by atoms with Crippen molar-refractivity contribution in [2.45, 2.75) is 13.8 Å². The van der Waals surface area contributed by atoms with Crippen LogP contribution in [0.15, 0.2) is 36.4 Å². The third kappa shape index (κ3) is 5.05. The molecule has 0 spiro atoms. The monoisotopic (exact) mass is 352 g/mol. The zero-order valence-electron chi connectivity index (χ0n) is 13.0. The minimum atomic E-state index is -0.385. The van der Waals surface area contributed by atoms with E-state index in [0.717, 1.165) is 5.75 Å². The summed E-state index contributed by atoms with van der Waals surface area (Å²) in [6, 6.07) is 10.5. The predicted molar refractivity (Wildman–Crippen MR) is 94.9 cm³/mol. The minimum absolute atomic E-state index is 0.362. The fraction of sp³-hybridized carbons (Fsp3) is 0.235. The van der Waals surface area contributed by atoms with Crippen molar-refractivity contribution >= 4 is 34.9 Å². The van der Waals surface area contributed by atoms with Gasteiger partial charge < -0.3 is 15.4 Å². The highest BCUT2D eigenvalue weighted by atomic mass is 35.5. The number of benzene rings is 2. The number of ether oxygens (including phenoxy) is 1. The average Bonchev–Trinajstić information content (AvgIpc) is 2.51. The van der Waals surface area contributed by atoms with Gasteiger partial charge in [-0.2, -0.15) is 0 Å². The number of rotatable bonds is 5. The summed E-state index contributed by atoms with van der Waals surface area (Å²) in [5, 5.41) is 6.09. The van der Waals surface area contributed by atoms with Gasteiger partial charge in [-0.1, -0.05) is 35.3 Å². The van der Waals surface area contributed by atoms with E-state index >= 15 is 0 Å². The smallest absolute Gasteiger partial charge is 0.319 e. The van der Waals surface area contributed by atoms with E-state index < -0.39 is 0 Å². The minimum Gasteiger partial charge on any atom is -0.492 e. The summed E-state index contributed by atoms with van der Waals surface area (Å²) >= 11 is 12.0. The van der Waals surface area contributed by atoms with Gasteiger partial charge in [0.25, 0.3) is 0 Å². The van der Waals surface area contributed by atoms with Crippen LogP contribution in [0.5, 0.6) is 5.75 Å². The third-order valence-electron chi connectivity index (χ3n) is 3.34. The second-order valence-corrected chi connectivity index (χ2v) is 5.89. The topological polar surface area (TPSA) is 50.4 Å². The van der Waals surface area contributed by atoms with Gasteiger partial charge in [-0.3, -0.25) is 0 Å². The van der Waals surface area contributed by atoms with E-state index in [1.165, 1.54) is 11.1 Å². The molecule has 0 aliphatic carbocycles. The Balaban J connectivity index is 1.78. The molecule has 2 N–H and O–H groups in total. The van der Waals surface area contributed by atoms with Crippen LogP contribution >= 0.6 is 23.2 Å². The van der Waals surface area contributed by atoms with Crippen LogP contribution < -0.4 is 15.4 Å². The number of halogens is 2. The molecule has 0 saturated heterocycles. The molecular weight excluding hydrogens is 335 g/mol. The SMILES string of the molecule is Cc1ccc(OCCNC(=O)Nc2c(Cl)cccc2Cl)cc1C. The third-order valence-corrected chi connectivity index (χ3v) is 3.97. The standard InChI is InChI=1S/C17H18Cl2N2O2/c1-11-6-7-13(10-12(11)2)23-9-8-20-17(22)21-16-14(18)4-3-5-15(16)19/h3-7,10H,8-9H2,1-2H3,(H2,20,21,22). The Morgan fingerprint density at radius 2 is 1.78 bits per heavy atom. The van der Waals surface area contributed by atoms with Crippen LogP contribution in [0.2, 0.25) is 10.0 Å². The molecule has 2 aromatic rings. The van der Waals surface area contributed by atoms with E-state index in [2.05, 4.69) is 10.6 Å². The molecule has 0 aliphatic rings. The molecule has 2 rings (SSSR count). The van der Waals surface area contributed by atoms with E-state index in [9.17, 15) is 4.79 Å². The molecule has 0 atom stereocenters. The van der Waals surface area contributed by atoms with E-state index in [1.54, 1.807) is 18.2 Å². The Morgan fingerprint density at radius 3 is 2.43 bits per heavy atom. The van der Waals surface area contributed by atoms with Crippen LogP contribution in [0.25, 0.3) is 0 Å². The van der Waals surface area contributed by atoms with Crippen LogP contribution in [-0.2, 0) is 0 Å². The number of hydrogen-bond acceptors (Lipinski definition) is 2. The summed E-state index contributed by atoms with van der Waals surface area (Å²) < 4.78 is 5.60. The van der Waals surface area contributed by atoms with E-state index in [0.29, 0.717) is 28.9 Å². The van der Waals surface area contributed by atoms with Gasteiger partial charge in [0.15, 0.2) is 0 Å². The lowest BCUT2D eigenvalue weighted by Gasteiger charge is -2.11. The normalized spacial score (nSPS) is 10.3. The Hall–Kier alpha value is -1.91. The Bertz CT molecular complexity index is 685. The second kappa shape index (κ2) is 8.09. The number of anilines is 1. The summed E-state index contributed by atoms with van der Waals surface area (Å²) in [5.74, 6) is 0.782. The molecule has 0 fully saturated rings. The number of carbonyl (C=O) groups excluding carboxylic acids is 1. The number of urea groups is 1. The highest BCUT2D eigenvalue weighted by Gasteiger charge is 2.08. The first kappa shape index (κ1) is 17.4. The summed E-state index contributed by atoms with van der Waals surface area (Å²) in [4.78, 5) is 11.8. The van der Waals surface area contributed by atoms with Crippen molar-refractivity contribution in [2.75, 3.05) is 18.5 Å². The van der Waals surface area contributed by atoms with E-state index in [1.807, 2.05) is 32.0 Å². The van der Waals surface area contributed by atoms with Gasteiger partial charge >= 0.3 is 6.03 Å². The molecule has 0 radical (unpaired) electrons. The molecule has 2 amide bonds. The Morgan fingerprint density at radius 1 is 1.09 bits per heavy atom. The Kier molecular flexibility index (Phi) is 6.13. The van der Waals surface area contributed by atoms with Crippen molar-refractivity contribution in [1.29, 1.82) is 0 Å². The van der Waals surface area contributed by atoms with Gasteiger partial charge in [0.2, 0.25) is 0 Å². The van der Waals surface area contributed by atoms with Gasteiger partial charge in [0, 0.05) is 0 Å². The molecule has 0 aliphatic heterocycles. The average molecular weight is 353 g/mol. The lowest BCUT2D eigenvalue weighted by molar-refractivity contribution is 0.247. The van der Waals surface area contributed by atoms with Crippen LogP contribution in [0, 0.1) is 13.8 Å². The van der Waals surface area contributed by atoms with Crippen molar-refractivity contribution in [1.82, 2.24) is 5.32 Å². The lowest BCUT2D eigenvalue weighted by atomic mass is 10.1. The maximum atomic E-state index is 11.8. The van der Waals surface area contributed by atoms with Crippen molar-refractivity contribution in [3.05, 3.63) is 57.6 Å². The maximum absolute atomic E-state index is 11.8. The second-order valence-electron chi connectivity index (χ2n) is 5.07. The van der Waals surface area contributed by atoms with Crippen molar-refractivity contribution in [3.8, 4) is 5.75 Å². The lowest BCUT2D eigenvalue weighted by Crippen LogP contribution is -2.32. The van der Waals surface area contributed by atoms with Gasteiger partial charge in [-0.05, 0) is 49.2 Å². The highest BCUT2D eigenvalue weighted by Crippen LogP contribution is 2.29. The summed E-state index contributed by atoms with van der Waals surface area (Å²) in [7, 11) is 0. The summed E-state index contributed by atoms with van der Waals surface area (Å²) in [6.07, 6.45) is 0. The molecular formula is C17H18Cl2N2O2. The number of aryl methyl sites for hydroxylation is 2. The van der Waals surface area contributed by atoms with Crippen LogP contribution in [0.1, 0.15) is 11.1 Å². The molecule has 122 valence electrons. The fourth-order valence-electron chi connectivity index (χ4n) is 1.91. The zero-order valence-corrected chi connectivity index (χ0v) is 14.5. The van der Waals surface area contributed by atoms with Gasteiger partial charge in [0.05, 0.1) is 22.3 Å². The first-order chi connectivity index (χ1) is 11.0. The Labute approximate surface area is 145 Å². The van der Waals surface area contributed by atoms with Crippen molar-refractivity contribution < 1.29 is 9.53 Å². The quantitative estimate of drug-likeness (QED) is 0.758. The zero-order chi connectivity index (χ0) is 16.8. The largest absolute Gasteiger partial charge is 0.492 e. The molecule has 23 heavy (non-hydrogen) atoms. The van der Waals surface area contributed by atoms with Crippen LogP contribution in [0.3, 0.4) is 0 Å². The van der Waals surface area contributed by atoms with Crippen molar-refractivity contribution in [3.63, 3.8) is 0 Å². The maximum Gasteiger partial charge on any atom is 0.319 e. The van der Waals surface area contributed by atoms with Crippen LogP contribution in [0.4, 0.5) is 10.5 Å². The summed E-state index contributed by atoms with van der Waals surface area (Å²) in [5.41, 5.74) is 2.77. The van der Waals surface area contributed by atoms with E-state index in [-0.39, 0.29) is 6.03 Å². The number of para-hydroxylation sites is 1. The van der Waals surface area contributed by atoms with Gasteiger partial charge in [-0.25, -0.2) is 4.79 Å². The highest BCUT2D eigenvalue weighted by molar-refractivity contribution is 6.39. The molecule has 2 aromatic carbocycles.